The molecule has 3 unspecified atom stereocenters. The Labute approximate surface area is 166 Å². The third-order valence-corrected chi connectivity index (χ3v) is 7.13. The van der Waals surface area contributed by atoms with Gasteiger partial charge in [0, 0.05) is 37.4 Å². The first kappa shape index (κ1) is 19.8. The first-order valence-electron chi connectivity index (χ1n) is 11.0. The van der Waals surface area contributed by atoms with Crippen LogP contribution in [0.15, 0.2) is 30.3 Å². The van der Waals surface area contributed by atoms with Crippen LogP contribution < -0.4 is 5.32 Å². The maximum Gasteiger partial charge on any atom is 0.248 e. The number of carbonyl (C=O) groups is 1. The van der Waals surface area contributed by atoms with Gasteiger partial charge in [0.05, 0.1) is 6.04 Å². The zero-order valence-corrected chi connectivity index (χ0v) is 16.6. The number of hydrogen-bond donors (Lipinski definition) is 1. The molecule has 0 spiro atoms. The third-order valence-electron chi connectivity index (χ3n) is 7.13. The lowest BCUT2D eigenvalue weighted by atomic mass is 9.86. The molecule has 1 aliphatic carbocycles. The maximum atomic E-state index is 13.4. The zero-order chi connectivity index (χ0) is 19.6. The highest BCUT2D eigenvalue weighted by Crippen LogP contribution is 2.38. The van der Waals surface area contributed by atoms with Gasteiger partial charge in [0.15, 0.2) is 0 Å². The number of fused-ring (bicyclic) bond motifs is 2. The van der Waals surface area contributed by atoms with E-state index in [1.807, 2.05) is 18.2 Å². The topological polar surface area (TPSA) is 32.3 Å². The molecule has 2 heterocycles. The lowest BCUT2D eigenvalue weighted by Crippen LogP contribution is -2.42. The van der Waals surface area contributed by atoms with Gasteiger partial charge in [-0.05, 0) is 50.5 Å². The van der Waals surface area contributed by atoms with Crippen LogP contribution in [0.3, 0.4) is 0 Å². The van der Waals surface area contributed by atoms with E-state index < -0.39 is 5.92 Å². The van der Waals surface area contributed by atoms with Crippen molar-refractivity contribution in [2.45, 2.75) is 88.3 Å². The predicted octanol–water partition coefficient (Wildman–Crippen LogP) is 5.08. The summed E-state index contributed by atoms with van der Waals surface area (Å²) in [6, 6.07) is 11.5. The molecule has 2 aliphatic heterocycles. The van der Waals surface area contributed by atoms with Crippen LogP contribution in [0.5, 0.6) is 0 Å². The van der Waals surface area contributed by atoms with Crippen LogP contribution in [0.25, 0.3) is 0 Å². The van der Waals surface area contributed by atoms with Gasteiger partial charge in [-0.15, -0.1) is 0 Å². The van der Waals surface area contributed by atoms with E-state index in [1.54, 1.807) is 0 Å². The summed E-state index contributed by atoms with van der Waals surface area (Å²) in [6.07, 6.45) is 7.68. The Bertz CT molecular complexity index is 640. The zero-order valence-electron chi connectivity index (χ0n) is 16.6. The summed E-state index contributed by atoms with van der Waals surface area (Å²) < 4.78 is 26.9. The number of nitrogens with one attached hydrogen (secondary N) is 1. The standard InChI is InChI=1S/C23H32F2N2O/c24-23(25)14-11-18(12-15-23)22(28)26-21(17-5-2-1-3-6-17)13-16-27-19-7-4-8-20(27)10-9-19/h1-3,5-6,18-21H,4,7-16H2,(H,26,28). The number of carbonyl (C=O) groups excluding carboxylic acids is 1. The minimum Gasteiger partial charge on any atom is -0.349 e. The van der Waals surface area contributed by atoms with Crippen molar-refractivity contribution in [3.8, 4) is 0 Å². The van der Waals surface area contributed by atoms with Gasteiger partial charge in [-0.2, -0.15) is 0 Å². The van der Waals surface area contributed by atoms with E-state index in [9.17, 15) is 13.6 Å². The van der Waals surface area contributed by atoms with Crippen LogP contribution in [-0.4, -0.2) is 35.4 Å². The Hall–Kier alpha value is -1.49. The molecule has 1 saturated carbocycles. The normalized spacial score (nSPS) is 28.8. The molecule has 3 fully saturated rings. The Balaban J connectivity index is 1.39. The summed E-state index contributed by atoms with van der Waals surface area (Å²) in [5.41, 5.74) is 1.11. The van der Waals surface area contributed by atoms with Crippen molar-refractivity contribution in [2.24, 2.45) is 5.92 Å². The molecule has 1 aromatic carbocycles. The van der Waals surface area contributed by atoms with E-state index in [1.165, 1.54) is 32.1 Å². The van der Waals surface area contributed by atoms with Crippen LogP contribution in [0.2, 0.25) is 0 Å². The van der Waals surface area contributed by atoms with Gasteiger partial charge in [-0.3, -0.25) is 9.69 Å². The fraction of sp³-hybridized carbons (Fsp3) is 0.696. The molecule has 2 saturated heterocycles. The Kier molecular flexibility index (Phi) is 6.00. The Morgan fingerprint density at radius 3 is 2.32 bits per heavy atom. The second-order valence-electron chi connectivity index (χ2n) is 8.94. The summed E-state index contributed by atoms with van der Waals surface area (Å²) in [6.45, 7) is 0.998. The number of halogens is 2. The third kappa shape index (κ3) is 4.56. The van der Waals surface area contributed by atoms with Crippen LogP contribution in [0.1, 0.15) is 75.8 Å². The molecule has 3 atom stereocenters. The molecule has 3 nitrogen and oxygen atoms in total. The molecule has 4 rings (SSSR count). The van der Waals surface area contributed by atoms with Gasteiger partial charge in [0.1, 0.15) is 0 Å². The number of hydrogen-bond acceptors (Lipinski definition) is 2. The molecular formula is C23H32F2N2O. The van der Waals surface area contributed by atoms with Crippen molar-refractivity contribution in [1.29, 1.82) is 0 Å². The van der Waals surface area contributed by atoms with E-state index in [-0.39, 0.29) is 43.6 Å². The van der Waals surface area contributed by atoms with Gasteiger partial charge in [-0.1, -0.05) is 36.8 Å². The minimum absolute atomic E-state index is 0.0440. The van der Waals surface area contributed by atoms with Crippen molar-refractivity contribution in [1.82, 2.24) is 10.2 Å². The van der Waals surface area contributed by atoms with E-state index in [0.717, 1.165) is 18.5 Å². The molecule has 154 valence electrons. The van der Waals surface area contributed by atoms with Crippen LogP contribution in [0.4, 0.5) is 8.78 Å². The van der Waals surface area contributed by atoms with Gasteiger partial charge in [0.2, 0.25) is 11.8 Å². The molecule has 0 radical (unpaired) electrons. The second kappa shape index (κ2) is 8.48. The highest BCUT2D eigenvalue weighted by atomic mass is 19.3. The quantitative estimate of drug-likeness (QED) is 0.735. The van der Waals surface area contributed by atoms with Crippen LogP contribution in [0, 0.1) is 5.92 Å². The second-order valence-corrected chi connectivity index (χ2v) is 8.94. The van der Waals surface area contributed by atoms with E-state index in [0.29, 0.717) is 12.1 Å². The molecule has 0 aromatic heterocycles. The number of nitrogens with zero attached hydrogens (tertiary/aromatic N) is 1. The number of piperidine rings is 1. The summed E-state index contributed by atoms with van der Waals surface area (Å²) in [7, 11) is 0. The Morgan fingerprint density at radius 2 is 1.68 bits per heavy atom. The highest BCUT2D eigenvalue weighted by molar-refractivity contribution is 5.79. The van der Waals surface area contributed by atoms with E-state index >= 15 is 0 Å². The first-order chi connectivity index (χ1) is 13.5. The van der Waals surface area contributed by atoms with Gasteiger partial charge in [0.25, 0.3) is 0 Å². The number of benzene rings is 1. The summed E-state index contributed by atoms with van der Waals surface area (Å²) in [5.74, 6) is -2.92. The smallest absolute Gasteiger partial charge is 0.248 e. The van der Waals surface area contributed by atoms with Crippen molar-refractivity contribution in [3.05, 3.63) is 35.9 Å². The van der Waals surface area contributed by atoms with Crippen molar-refractivity contribution >= 4 is 5.91 Å². The average molecular weight is 391 g/mol. The minimum atomic E-state index is -2.59. The fourth-order valence-electron chi connectivity index (χ4n) is 5.47. The van der Waals surface area contributed by atoms with Gasteiger partial charge < -0.3 is 5.32 Å². The van der Waals surface area contributed by atoms with E-state index in [2.05, 4.69) is 22.3 Å². The molecule has 1 N–H and O–H groups in total. The fourth-order valence-corrected chi connectivity index (χ4v) is 5.47. The van der Waals surface area contributed by atoms with Gasteiger partial charge in [-0.25, -0.2) is 8.78 Å². The average Bonchev–Trinajstić information content (AvgIpc) is 2.91. The monoisotopic (exact) mass is 390 g/mol. The largest absolute Gasteiger partial charge is 0.349 e. The summed E-state index contributed by atoms with van der Waals surface area (Å²) in [4.78, 5) is 15.5. The predicted molar refractivity (Wildman–Crippen MR) is 106 cm³/mol. The highest BCUT2D eigenvalue weighted by Gasteiger charge is 2.39. The van der Waals surface area contributed by atoms with E-state index in [4.69, 9.17) is 0 Å². The van der Waals surface area contributed by atoms with Crippen molar-refractivity contribution < 1.29 is 13.6 Å². The van der Waals surface area contributed by atoms with Crippen molar-refractivity contribution in [3.63, 3.8) is 0 Å². The molecule has 3 aliphatic rings. The van der Waals surface area contributed by atoms with Crippen molar-refractivity contribution in [2.75, 3.05) is 6.54 Å². The lowest BCUT2D eigenvalue weighted by molar-refractivity contribution is -0.130. The maximum absolute atomic E-state index is 13.4. The Morgan fingerprint density at radius 1 is 1.04 bits per heavy atom. The lowest BCUT2D eigenvalue weighted by Gasteiger charge is -2.36. The number of rotatable bonds is 6. The molecule has 28 heavy (non-hydrogen) atoms. The molecule has 1 amide bonds. The van der Waals surface area contributed by atoms with Crippen LogP contribution >= 0.6 is 0 Å². The summed E-state index contributed by atoms with van der Waals surface area (Å²) in [5, 5.41) is 3.21. The molecular weight excluding hydrogens is 358 g/mol. The van der Waals surface area contributed by atoms with Gasteiger partial charge >= 0.3 is 0 Å². The molecule has 5 heteroatoms. The number of amides is 1. The van der Waals surface area contributed by atoms with Crippen LogP contribution in [-0.2, 0) is 4.79 Å². The molecule has 1 aromatic rings. The number of alkyl halides is 2. The first-order valence-corrected chi connectivity index (χ1v) is 11.0. The SMILES string of the molecule is O=C(NC(CCN1C2CCCC1CC2)c1ccccc1)C1CCC(F)(F)CC1. The molecule has 2 bridgehead atoms. The summed E-state index contributed by atoms with van der Waals surface area (Å²) >= 11 is 0.